The van der Waals surface area contributed by atoms with Crippen molar-refractivity contribution >= 4 is 24.3 Å². The van der Waals surface area contributed by atoms with Crippen molar-refractivity contribution in [1.82, 2.24) is 0 Å². The average molecular weight is 280 g/mol. The lowest BCUT2D eigenvalue weighted by Crippen LogP contribution is -2.37. The molecule has 0 heterocycles. The third-order valence-electron chi connectivity index (χ3n) is 3.06. The molecule has 18 heavy (non-hydrogen) atoms. The van der Waals surface area contributed by atoms with Crippen LogP contribution in [0.1, 0.15) is 25.7 Å². The molecule has 6 N–H and O–H groups in total. The van der Waals surface area contributed by atoms with E-state index in [-0.39, 0.29) is 36.4 Å². The van der Waals surface area contributed by atoms with Crippen molar-refractivity contribution in [2.45, 2.75) is 37.8 Å². The Morgan fingerprint density at radius 1 is 1.06 bits per heavy atom. The van der Waals surface area contributed by atoms with Gasteiger partial charge in [-0.3, -0.25) is 9.59 Å². The fraction of sp³-hybridized carbons (Fsp3) is 0.818. The highest BCUT2D eigenvalue weighted by Gasteiger charge is 2.33. The van der Waals surface area contributed by atoms with E-state index in [1.165, 1.54) is 7.11 Å². The Morgan fingerprint density at radius 3 is 1.67 bits per heavy atom. The molecule has 0 aromatic rings. The van der Waals surface area contributed by atoms with Crippen molar-refractivity contribution in [3.05, 3.63) is 0 Å². The Labute approximate surface area is 113 Å². The number of ether oxygens (including phenoxy) is 1. The first-order valence-electron chi connectivity index (χ1n) is 5.85. The maximum atomic E-state index is 10.6. The summed E-state index contributed by atoms with van der Waals surface area (Å²) in [5.41, 5.74) is 15.7. The van der Waals surface area contributed by atoms with Crippen LogP contribution in [0.25, 0.3) is 0 Å². The van der Waals surface area contributed by atoms with E-state index in [9.17, 15) is 9.59 Å². The molecular formula is C11H22ClN3O3. The number of hydrogen-bond donors (Lipinski definition) is 3. The van der Waals surface area contributed by atoms with Crippen molar-refractivity contribution in [2.75, 3.05) is 7.11 Å². The van der Waals surface area contributed by atoms with Crippen LogP contribution in [-0.4, -0.2) is 31.1 Å². The minimum atomic E-state index is -0.380. The lowest BCUT2D eigenvalue weighted by molar-refractivity contribution is -0.142. The summed E-state index contributed by atoms with van der Waals surface area (Å²) in [5, 5.41) is 0. The van der Waals surface area contributed by atoms with E-state index in [1.54, 1.807) is 0 Å². The number of amides is 1. The van der Waals surface area contributed by atoms with E-state index in [1.807, 2.05) is 0 Å². The summed E-state index contributed by atoms with van der Waals surface area (Å²) in [7, 11) is 1.37. The van der Waals surface area contributed by atoms with E-state index in [0.29, 0.717) is 11.8 Å². The molecule has 2 aliphatic rings. The highest BCUT2D eigenvalue weighted by atomic mass is 35.5. The number of nitrogens with two attached hydrogens (primary N) is 3. The van der Waals surface area contributed by atoms with Crippen LogP contribution >= 0.6 is 12.4 Å². The number of esters is 1. The molecular weight excluding hydrogens is 258 g/mol. The molecule has 0 saturated heterocycles. The Kier molecular flexibility index (Phi) is 7.20. The molecule has 0 aromatic carbocycles. The van der Waals surface area contributed by atoms with E-state index in [4.69, 9.17) is 17.2 Å². The molecule has 0 aromatic heterocycles. The van der Waals surface area contributed by atoms with Crippen LogP contribution < -0.4 is 17.2 Å². The predicted molar refractivity (Wildman–Crippen MR) is 69.9 cm³/mol. The van der Waals surface area contributed by atoms with Gasteiger partial charge in [0.1, 0.15) is 6.04 Å². The molecule has 2 fully saturated rings. The van der Waals surface area contributed by atoms with E-state index < -0.39 is 0 Å². The maximum Gasteiger partial charge on any atom is 0.322 e. The highest BCUT2D eigenvalue weighted by Crippen LogP contribution is 2.32. The summed E-state index contributed by atoms with van der Waals surface area (Å²) in [5.74, 6) is 0.148. The normalized spacial score (nSPS) is 20.6. The van der Waals surface area contributed by atoms with E-state index in [0.717, 1.165) is 25.7 Å². The number of carbonyl (C=O) groups is 2. The largest absolute Gasteiger partial charge is 0.468 e. The minimum Gasteiger partial charge on any atom is -0.468 e. The number of rotatable bonds is 4. The molecule has 2 atom stereocenters. The molecule has 1 amide bonds. The van der Waals surface area contributed by atoms with Gasteiger partial charge in [0, 0.05) is 0 Å². The van der Waals surface area contributed by atoms with Crippen molar-refractivity contribution in [3.63, 3.8) is 0 Å². The van der Waals surface area contributed by atoms with Crippen molar-refractivity contribution in [2.24, 2.45) is 29.0 Å². The zero-order valence-corrected chi connectivity index (χ0v) is 11.3. The predicted octanol–water partition coefficient (Wildman–Crippen LogP) is -0.472. The molecule has 2 aliphatic carbocycles. The molecule has 0 radical (unpaired) electrons. The first kappa shape index (κ1) is 17.2. The van der Waals surface area contributed by atoms with Crippen LogP contribution in [0.2, 0.25) is 0 Å². The van der Waals surface area contributed by atoms with Gasteiger partial charge in [-0.25, -0.2) is 0 Å². The molecule has 7 heteroatoms. The fourth-order valence-corrected chi connectivity index (χ4v) is 1.47. The smallest absolute Gasteiger partial charge is 0.322 e. The van der Waals surface area contributed by atoms with Crippen LogP contribution in [0, 0.1) is 11.8 Å². The van der Waals surface area contributed by atoms with Gasteiger partial charge in [0.05, 0.1) is 13.2 Å². The summed E-state index contributed by atoms with van der Waals surface area (Å²) in [6, 6.07) is -0.745. The molecule has 106 valence electrons. The Morgan fingerprint density at radius 2 is 1.44 bits per heavy atom. The zero-order valence-electron chi connectivity index (χ0n) is 10.5. The molecule has 2 rings (SSSR count). The standard InChI is InChI=1S/C6H11NO2.C5H10N2O.ClH/c1-9-6(8)5(7)4-2-3-4;6-4(5(7)8)3-1-2-3;/h4-5H,2-3,7H2,1H3;3-4H,1-2,6H2,(H2,7,8);1H/t5-;4-;/m00./s1. The second-order valence-electron chi connectivity index (χ2n) is 4.65. The Balaban J connectivity index is 0.000000306. The van der Waals surface area contributed by atoms with Crippen LogP contribution in [0.4, 0.5) is 0 Å². The molecule has 6 nitrogen and oxygen atoms in total. The monoisotopic (exact) mass is 279 g/mol. The summed E-state index contributed by atoms with van der Waals surface area (Å²) < 4.78 is 4.45. The maximum absolute atomic E-state index is 10.6. The van der Waals surface area contributed by atoms with Gasteiger partial charge in [0.25, 0.3) is 0 Å². The van der Waals surface area contributed by atoms with Crippen LogP contribution in [0.15, 0.2) is 0 Å². The highest BCUT2D eigenvalue weighted by molar-refractivity contribution is 5.85. The topological polar surface area (TPSA) is 121 Å². The van der Waals surface area contributed by atoms with E-state index >= 15 is 0 Å². The van der Waals surface area contributed by atoms with Gasteiger partial charge >= 0.3 is 5.97 Å². The van der Waals surface area contributed by atoms with Crippen LogP contribution in [0.3, 0.4) is 0 Å². The quantitative estimate of drug-likeness (QED) is 0.601. The number of halogens is 1. The third kappa shape index (κ3) is 5.66. The van der Waals surface area contributed by atoms with Crippen LogP contribution in [-0.2, 0) is 14.3 Å². The summed E-state index contributed by atoms with van der Waals surface area (Å²) in [6.45, 7) is 0. The number of primary amides is 1. The van der Waals surface area contributed by atoms with Gasteiger partial charge in [-0.1, -0.05) is 0 Å². The second-order valence-corrected chi connectivity index (χ2v) is 4.65. The summed E-state index contributed by atoms with van der Waals surface area (Å²) in [4.78, 5) is 20.9. The van der Waals surface area contributed by atoms with Crippen molar-refractivity contribution < 1.29 is 14.3 Å². The van der Waals surface area contributed by atoms with Gasteiger partial charge in [0.15, 0.2) is 0 Å². The third-order valence-corrected chi connectivity index (χ3v) is 3.06. The Bertz CT molecular complexity index is 293. The first-order valence-corrected chi connectivity index (χ1v) is 5.85. The van der Waals surface area contributed by atoms with Crippen molar-refractivity contribution in [3.8, 4) is 0 Å². The second kappa shape index (κ2) is 7.56. The number of hydrogen-bond acceptors (Lipinski definition) is 5. The molecule has 2 saturated carbocycles. The van der Waals surface area contributed by atoms with Crippen molar-refractivity contribution in [1.29, 1.82) is 0 Å². The molecule has 0 unspecified atom stereocenters. The van der Waals surface area contributed by atoms with Gasteiger partial charge in [-0.15, -0.1) is 12.4 Å². The zero-order chi connectivity index (χ0) is 13.0. The molecule has 0 spiro atoms. The van der Waals surface area contributed by atoms with E-state index in [2.05, 4.69) is 4.74 Å². The number of carbonyl (C=O) groups excluding carboxylic acids is 2. The summed E-state index contributed by atoms with van der Waals surface area (Å²) >= 11 is 0. The van der Waals surface area contributed by atoms with Crippen LogP contribution in [0.5, 0.6) is 0 Å². The fourth-order valence-electron chi connectivity index (χ4n) is 1.47. The van der Waals surface area contributed by atoms with Gasteiger partial charge in [-0.2, -0.15) is 0 Å². The lowest BCUT2D eigenvalue weighted by Gasteiger charge is -2.05. The van der Waals surface area contributed by atoms with Gasteiger partial charge in [-0.05, 0) is 37.5 Å². The summed E-state index contributed by atoms with van der Waals surface area (Å²) in [6.07, 6.45) is 4.31. The molecule has 0 bridgehead atoms. The molecule has 0 aliphatic heterocycles. The first-order chi connectivity index (χ1) is 7.97. The van der Waals surface area contributed by atoms with Gasteiger partial charge < -0.3 is 21.9 Å². The SMILES string of the molecule is COC(=O)[C@@H](N)C1CC1.Cl.NC(=O)[C@@H](N)C1CC1. The van der Waals surface area contributed by atoms with Gasteiger partial charge in [0.2, 0.25) is 5.91 Å². The minimum absolute atomic E-state index is 0. The lowest BCUT2D eigenvalue weighted by atomic mass is 10.2. The average Bonchev–Trinajstić information content (AvgIpc) is 3.19. The Hall–Kier alpha value is -0.850. The number of methoxy groups -OCH3 is 1.